The molecule has 1 aromatic rings. The van der Waals surface area contributed by atoms with Gasteiger partial charge in [-0.15, -0.1) is 0 Å². The normalized spacial score (nSPS) is 23.0. The number of nitro groups is 1. The molecule has 0 unspecified atom stereocenters. The number of nitrogens with zero attached hydrogens (tertiary/aromatic N) is 2. The highest BCUT2D eigenvalue weighted by Crippen LogP contribution is 2.25. The van der Waals surface area contributed by atoms with Crippen LogP contribution in [-0.2, 0) is 4.79 Å². The van der Waals surface area contributed by atoms with Crippen LogP contribution in [0.4, 0.5) is 5.69 Å². The molecule has 0 saturated carbocycles. The molecular formula is C16H22N2O4. The summed E-state index contributed by atoms with van der Waals surface area (Å²) < 4.78 is 5.65. The van der Waals surface area contributed by atoms with Gasteiger partial charge in [0.2, 0.25) is 0 Å². The Morgan fingerprint density at radius 3 is 2.32 bits per heavy atom. The van der Waals surface area contributed by atoms with Crippen molar-refractivity contribution in [2.45, 2.75) is 58.2 Å². The zero-order chi connectivity index (χ0) is 16.3. The summed E-state index contributed by atoms with van der Waals surface area (Å²) in [4.78, 5) is 24.7. The fourth-order valence-electron chi connectivity index (χ4n) is 2.97. The van der Waals surface area contributed by atoms with Crippen molar-refractivity contribution in [3.8, 4) is 5.75 Å². The van der Waals surface area contributed by atoms with Crippen LogP contribution in [0.1, 0.15) is 40.0 Å². The molecule has 0 N–H and O–H groups in total. The van der Waals surface area contributed by atoms with Gasteiger partial charge in [-0.2, -0.15) is 0 Å². The second kappa shape index (κ2) is 6.77. The molecule has 1 aliphatic heterocycles. The molecule has 1 fully saturated rings. The second-order valence-electron chi connectivity index (χ2n) is 5.89. The summed E-state index contributed by atoms with van der Waals surface area (Å²) >= 11 is 0. The third-order valence-corrected chi connectivity index (χ3v) is 4.16. The van der Waals surface area contributed by atoms with Gasteiger partial charge in [0.25, 0.3) is 11.6 Å². The Morgan fingerprint density at radius 2 is 1.82 bits per heavy atom. The molecule has 22 heavy (non-hydrogen) atoms. The zero-order valence-corrected chi connectivity index (χ0v) is 13.2. The van der Waals surface area contributed by atoms with Crippen molar-refractivity contribution >= 4 is 11.6 Å². The van der Waals surface area contributed by atoms with E-state index in [0.29, 0.717) is 5.75 Å². The number of ether oxygens (including phenoxy) is 1. The number of rotatable bonds is 4. The SMILES string of the molecule is C[C@@H](Oc1ccc([N+](=O)[O-])cc1)C(=O)N1[C@@H](C)CCC[C@@H]1C. The van der Waals surface area contributed by atoms with Gasteiger partial charge in [-0.25, -0.2) is 0 Å². The van der Waals surface area contributed by atoms with Gasteiger partial charge in [-0.3, -0.25) is 14.9 Å². The van der Waals surface area contributed by atoms with E-state index in [2.05, 4.69) is 13.8 Å². The van der Waals surface area contributed by atoms with E-state index in [-0.39, 0.29) is 23.7 Å². The van der Waals surface area contributed by atoms with Crippen molar-refractivity contribution < 1.29 is 14.5 Å². The summed E-state index contributed by atoms with van der Waals surface area (Å²) in [5, 5.41) is 10.6. The molecule has 120 valence electrons. The average Bonchev–Trinajstić information content (AvgIpc) is 2.47. The lowest BCUT2D eigenvalue weighted by Gasteiger charge is -2.40. The van der Waals surface area contributed by atoms with Gasteiger partial charge in [-0.1, -0.05) is 0 Å². The molecule has 0 bridgehead atoms. The van der Waals surface area contributed by atoms with Crippen molar-refractivity contribution in [1.29, 1.82) is 0 Å². The Morgan fingerprint density at radius 1 is 1.27 bits per heavy atom. The number of hydrogen-bond donors (Lipinski definition) is 0. The first kappa shape index (κ1) is 16.3. The van der Waals surface area contributed by atoms with Gasteiger partial charge in [0, 0.05) is 24.2 Å². The van der Waals surface area contributed by atoms with E-state index in [1.165, 1.54) is 24.3 Å². The maximum atomic E-state index is 12.6. The van der Waals surface area contributed by atoms with Crippen molar-refractivity contribution in [3.63, 3.8) is 0 Å². The minimum Gasteiger partial charge on any atom is -0.481 e. The third kappa shape index (κ3) is 3.55. The number of hydrogen-bond acceptors (Lipinski definition) is 4. The summed E-state index contributed by atoms with van der Waals surface area (Å²) in [6.07, 6.45) is 2.56. The van der Waals surface area contributed by atoms with Crippen molar-refractivity contribution in [1.82, 2.24) is 4.90 Å². The number of likely N-dealkylation sites (tertiary alicyclic amines) is 1. The van der Waals surface area contributed by atoms with Crippen LogP contribution in [0.3, 0.4) is 0 Å². The average molecular weight is 306 g/mol. The second-order valence-corrected chi connectivity index (χ2v) is 5.89. The van der Waals surface area contributed by atoms with Crippen LogP contribution < -0.4 is 4.74 Å². The molecule has 0 radical (unpaired) electrons. The van der Waals surface area contributed by atoms with Gasteiger partial charge >= 0.3 is 0 Å². The molecule has 0 spiro atoms. The largest absolute Gasteiger partial charge is 0.481 e. The summed E-state index contributed by atoms with van der Waals surface area (Å²) in [5.41, 5.74) is 0.00426. The Kier molecular flexibility index (Phi) is 5.00. The maximum absolute atomic E-state index is 12.6. The Labute approximate surface area is 130 Å². The Bertz CT molecular complexity index is 534. The summed E-state index contributed by atoms with van der Waals surface area (Å²) in [7, 11) is 0. The third-order valence-electron chi connectivity index (χ3n) is 4.16. The van der Waals surface area contributed by atoms with Crippen LogP contribution in [0.2, 0.25) is 0 Å². The summed E-state index contributed by atoms with van der Waals surface area (Å²) in [5.74, 6) is 0.432. The minimum absolute atomic E-state index is 0.00426. The number of piperidine rings is 1. The first-order valence-electron chi connectivity index (χ1n) is 7.63. The molecule has 1 aliphatic rings. The number of carbonyl (C=O) groups is 1. The lowest BCUT2D eigenvalue weighted by atomic mass is 9.97. The molecule has 2 rings (SSSR count). The first-order chi connectivity index (χ1) is 10.4. The van der Waals surface area contributed by atoms with E-state index in [0.717, 1.165) is 19.3 Å². The van der Waals surface area contributed by atoms with E-state index >= 15 is 0 Å². The standard InChI is InChI=1S/C16H22N2O4/c1-11-5-4-6-12(2)17(11)16(19)13(3)22-15-9-7-14(8-10-15)18(20)21/h7-13H,4-6H2,1-3H3/t11-,12-,13+/m0/s1. The number of non-ortho nitro benzene ring substituents is 1. The van der Waals surface area contributed by atoms with E-state index in [1.54, 1.807) is 6.92 Å². The quantitative estimate of drug-likeness (QED) is 0.632. The molecule has 1 saturated heterocycles. The number of nitro benzene ring substituents is 1. The predicted molar refractivity (Wildman–Crippen MR) is 82.8 cm³/mol. The van der Waals surface area contributed by atoms with Crippen molar-refractivity contribution in [3.05, 3.63) is 34.4 Å². The highest BCUT2D eigenvalue weighted by atomic mass is 16.6. The highest BCUT2D eigenvalue weighted by molar-refractivity contribution is 5.81. The van der Waals surface area contributed by atoms with Crippen molar-refractivity contribution in [2.24, 2.45) is 0 Å². The van der Waals surface area contributed by atoms with Crippen LogP contribution in [-0.4, -0.2) is 33.9 Å². The number of carbonyl (C=O) groups excluding carboxylic acids is 1. The lowest BCUT2D eigenvalue weighted by Crippen LogP contribution is -2.51. The van der Waals surface area contributed by atoms with Gasteiger partial charge < -0.3 is 9.64 Å². The fourth-order valence-corrected chi connectivity index (χ4v) is 2.97. The van der Waals surface area contributed by atoms with E-state index < -0.39 is 11.0 Å². The van der Waals surface area contributed by atoms with Gasteiger partial charge in [-0.05, 0) is 52.2 Å². The fraction of sp³-hybridized carbons (Fsp3) is 0.562. The summed E-state index contributed by atoms with van der Waals surface area (Å²) in [6.45, 7) is 5.84. The monoisotopic (exact) mass is 306 g/mol. The van der Waals surface area contributed by atoms with Gasteiger partial charge in [0.1, 0.15) is 5.75 Å². The molecule has 1 amide bonds. The topological polar surface area (TPSA) is 72.7 Å². The van der Waals surface area contributed by atoms with Gasteiger partial charge in [0.05, 0.1) is 4.92 Å². The van der Waals surface area contributed by atoms with Gasteiger partial charge in [0.15, 0.2) is 6.10 Å². The molecular weight excluding hydrogens is 284 g/mol. The van der Waals surface area contributed by atoms with E-state index in [9.17, 15) is 14.9 Å². The predicted octanol–water partition coefficient (Wildman–Crippen LogP) is 3.15. The van der Waals surface area contributed by atoms with Crippen molar-refractivity contribution in [2.75, 3.05) is 0 Å². The molecule has 1 heterocycles. The highest BCUT2D eigenvalue weighted by Gasteiger charge is 2.32. The summed E-state index contributed by atoms with van der Waals surface area (Å²) in [6, 6.07) is 6.23. The lowest BCUT2D eigenvalue weighted by molar-refractivity contribution is -0.384. The molecule has 0 aliphatic carbocycles. The van der Waals surface area contributed by atoms with Crippen LogP contribution in [0.5, 0.6) is 5.75 Å². The molecule has 1 aromatic carbocycles. The number of benzene rings is 1. The van der Waals surface area contributed by atoms with Crippen LogP contribution in [0, 0.1) is 10.1 Å². The van der Waals surface area contributed by atoms with Crippen LogP contribution >= 0.6 is 0 Å². The Hall–Kier alpha value is -2.11. The first-order valence-corrected chi connectivity index (χ1v) is 7.63. The Balaban J connectivity index is 2.02. The van der Waals surface area contributed by atoms with Crippen LogP contribution in [0.25, 0.3) is 0 Å². The van der Waals surface area contributed by atoms with E-state index in [4.69, 9.17) is 4.74 Å². The number of amides is 1. The molecule has 3 atom stereocenters. The molecule has 0 aromatic heterocycles. The minimum atomic E-state index is -0.607. The molecule has 6 heteroatoms. The smallest absolute Gasteiger partial charge is 0.269 e. The zero-order valence-electron chi connectivity index (χ0n) is 13.2. The van der Waals surface area contributed by atoms with E-state index in [1.807, 2.05) is 4.90 Å². The van der Waals surface area contributed by atoms with Crippen LogP contribution in [0.15, 0.2) is 24.3 Å². The maximum Gasteiger partial charge on any atom is 0.269 e. The molecule has 6 nitrogen and oxygen atoms in total.